The van der Waals surface area contributed by atoms with Gasteiger partial charge in [0.05, 0.1) is 18.8 Å². The van der Waals surface area contributed by atoms with Crippen LogP contribution in [0.4, 0.5) is 0 Å². The Hall–Kier alpha value is -1.30. The highest BCUT2D eigenvalue weighted by Gasteiger charge is 2.27. The summed E-state index contributed by atoms with van der Waals surface area (Å²) in [6.45, 7) is 7.15. The molecule has 0 aliphatic carbocycles. The predicted octanol–water partition coefficient (Wildman–Crippen LogP) is 1.57. The molecule has 3 rings (SSSR count). The number of ether oxygens (including phenoxy) is 3. The van der Waals surface area contributed by atoms with Gasteiger partial charge in [0.2, 0.25) is 0 Å². The Morgan fingerprint density at radius 1 is 1.24 bits per heavy atom. The molecular formula is C16H24N2O3. The summed E-state index contributed by atoms with van der Waals surface area (Å²) in [5.74, 6) is 1.59. The molecule has 21 heavy (non-hydrogen) atoms. The monoisotopic (exact) mass is 292 g/mol. The molecule has 0 amide bonds. The molecule has 2 atom stereocenters. The SMILES string of the molecule is CCCN1CCOC(C(N)c2ccc3c(c2)OCCO3)C1. The van der Waals surface area contributed by atoms with E-state index >= 15 is 0 Å². The first-order valence-corrected chi connectivity index (χ1v) is 7.77. The third-order valence-corrected chi connectivity index (χ3v) is 4.07. The molecule has 2 unspecified atom stereocenters. The lowest BCUT2D eigenvalue weighted by Gasteiger charge is -2.36. The van der Waals surface area contributed by atoms with Crippen LogP contribution in [0.25, 0.3) is 0 Å². The minimum absolute atomic E-state index is 0.0351. The minimum atomic E-state index is -0.138. The molecule has 0 bridgehead atoms. The van der Waals surface area contributed by atoms with Crippen molar-refractivity contribution >= 4 is 0 Å². The smallest absolute Gasteiger partial charge is 0.161 e. The zero-order chi connectivity index (χ0) is 14.7. The van der Waals surface area contributed by atoms with Crippen LogP contribution in [0.3, 0.4) is 0 Å². The average Bonchev–Trinajstić information content (AvgIpc) is 2.54. The van der Waals surface area contributed by atoms with Crippen LogP contribution in [0.15, 0.2) is 18.2 Å². The van der Waals surface area contributed by atoms with Crippen molar-refractivity contribution in [1.82, 2.24) is 4.90 Å². The van der Waals surface area contributed by atoms with Crippen LogP contribution in [0.2, 0.25) is 0 Å². The third kappa shape index (κ3) is 3.31. The van der Waals surface area contributed by atoms with Gasteiger partial charge in [-0.05, 0) is 30.7 Å². The maximum Gasteiger partial charge on any atom is 0.161 e. The van der Waals surface area contributed by atoms with E-state index in [4.69, 9.17) is 19.9 Å². The summed E-state index contributed by atoms with van der Waals surface area (Å²) in [5, 5.41) is 0. The van der Waals surface area contributed by atoms with Crippen molar-refractivity contribution in [3.05, 3.63) is 23.8 Å². The summed E-state index contributed by atoms with van der Waals surface area (Å²) in [5.41, 5.74) is 7.46. The van der Waals surface area contributed by atoms with Gasteiger partial charge in [-0.2, -0.15) is 0 Å². The van der Waals surface area contributed by atoms with Crippen molar-refractivity contribution in [2.75, 3.05) is 39.5 Å². The predicted molar refractivity (Wildman–Crippen MR) is 80.8 cm³/mol. The molecule has 2 aliphatic heterocycles. The Morgan fingerprint density at radius 3 is 2.86 bits per heavy atom. The molecule has 2 aliphatic rings. The topological polar surface area (TPSA) is 57.0 Å². The van der Waals surface area contributed by atoms with Gasteiger partial charge >= 0.3 is 0 Å². The van der Waals surface area contributed by atoms with Crippen molar-refractivity contribution in [2.24, 2.45) is 5.73 Å². The maximum absolute atomic E-state index is 6.41. The van der Waals surface area contributed by atoms with Crippen LogP contribution >= 0.6 is 0 Å². The minimum Gasteiger partial charge on any atom is -0.486 e. The zero-order valence-corrected chi connectivity index (χ0v) is 12.6. The largest absolute Gasteiger partial charge is 0.486 e. The van der Waals surface area contributed by atoms with E-state index in [1.54, 1.807) is 0 Å². The zero-order valence-electron chi connectivity index (χ0n) is 12.6. The first kappa shape index (κ1) is 14.6. The van der Waals surface area contributed by atoms with Gasteiger partial charge in [0.15, 0.2) is 11.5 Å². The van der Waals surface area contributed by atoms with Crippen LogP contribution in [0.5, 0.6) is 11.5 Å². The number of hydrogen-bond donors (Lipinski definition) is 1. The van der Waals surface area contributed by atoms with Gasteiger partial charge < -0.3 is 19.9 Å². The highest BCUT2D eigenvalue weighted by atomic mass is 16.6. The Labute approximate surface area is 126 Å². The fourth-order valence-electron chi connectivity index (χ4n) is 2.95. The molecular weight excluding hydrogens is 268 g/mol. The van der Waals surface area contributed by atoms with Gasteiger partial charge in [-0.3, -0.25) is 4.90 Å². The molecule has 116 valence electrons. The van der Waals surface area contributed by atoms with Gasteiger partial charge in [-0.15, -0.1) is 0 Å². The first-order chi connectivity index (χ1) is 10.3. The Kier molecular flexibility index (Phi) is 4.63. The van der Waals surface area contributed by atoms with Crippen molar-refractivity contribution < 1.29 is 14.2 Å². The molecule has 1 saturated heterocycles. The van der Waals surface area contributed by atoms with Crippen molar-refractivity contribution in [3.8, 4) is 11.5 Å². The van der Waals surface area contributed by atoms with E-state index in [2.05, 4.69) is 11.8 Å². The van der Waals surface area contributed by atoms with Gasteiger partial charge in [-0.25, -0.2) is 0 Å². The summed E-state index contributed by atoms with van der Waals surface area (Å²) in [6.07, 6.45) is 1.19. The number of morpholine rings is 1. The van der Waals surface area contributed by atoms with Crippen molar-refractivity contribution in [2.45, 2.75) is 25.5 Å². The highest BCUT2D eigenvalue weighted by Crippen LogP contribution is 2.33. The second-order valence-corrected chi connectivity index (χ2v) is 5.64. The van der Waals surface area contributed by atoms with Crippen LogP contribution in [-0.4, -0.2) is 50.5 Å². The molecule has 2 heterocycles. The molecule has 1 fully saturated rings. The standard InChI is InChI=1S/C16H24N2O3/c1-2-5-18-6-7-19-15(11-18)16(17)12-3-4-13-14(10-12)21-9-8-20-13/h3-4,10,15-16H,2,5-9,11,17H2,1H3. The molecule has 5 nitrogen and oxygen atoms in total. The summed E-state index contributed by atoms with van der Waals surface area (Å²) >= 11 is 0. The van der Waals surface area contributed by atoms with Crippen LogP contribution in [-0.2, 0) is 4.74 Å². The number of rotatable bonds is 4. The van der Waals surface area contributed by atoms with Gasteiger partial charge in [0.1, 0.15) is 13.2 Å². The van der Waals surface area contributed by atoms with Crippen LogP contribution < -0.4 is 15.2 Å². The van der Waals surface area contributed by atoms with Gasteiger partial charge in [0.25, 0.3) is 0 Å². The van der Waals surface area contributed by atoms with Gasteiger partial charge in [0, 0.05) is 13.1 Å². The number of benzene rings is 1. The second-order valence-electron chi connectivity index (χ2n) is 5.64. The fourth-order valence-corrected chi connectivity index (χ4v) is 2.95. The highest BCUT2D eigenvalue weighted by molar-refractivity contribution is 5.44. The fraction of sp³-hybridized carbons (Fsp3) is 0.625. The third-order valence-electron chi connectivity index (χ3n) is 4.07. The Morgan fingerprint density at radius 2 is 2.05 bits per heavy atom. The molecule has 0 radical (unpaired) electrons. The molecule has 1 aromatic carbocycles. The molecule has 5 heteroatoms. The molecule has 0 saturated carbocycles. The van der Waals surface area contributed by atoms with E-state index < -0.39 is 0 Å². The second kappa shape index (κ2) is 6.64. The van der Waals surface area contributed by atoms with Crippen LogP contribution in [0, 0.1) is 0 Å². The normalized spacial score (nSPS) is 23.8. The van der Waals surface area contributed by atoms with Crippen molar-refractivity contribution in [1.29, 1.82) is 0 Å². The summed E-state index contributed by atoms with van der Waals surface area (Å²) in [7, 11) is 0. The quantitative estimate of drug-likeness (QED) is 0.913. The molecule has 0 spiro atoms. The van der Waals surface area contributed by atoms with Crippen molar-refractivity contribution in [3.63, 3.8) is 0 Å². The summed E-state index contributed by atoms with van der Waals surface area (Å²) in [6, 6.07) is 5.80. The van der Waals surface area contributed by atoms with Gasteiger partial charge in [-0.1, -0.05) is 13.0 Å². The summed E-state index contributed by atoms with van der Waals surface area (Å²) in [4.78, 5) is 2.42. The molecule has 0 aromatic heterocycles. The van der Waals surface area contributed by atoms with E-state index in [0.29, 0.717) is 13.2 Å². The summed E-state index contributed by atoms with van der Waals surface area (Å²) < 4.78 is 17.1. The average molecular weight is 292 g/mol. The van der Waals surface area contributed by atoms with E-state index in [9.17, 15) is 0 Å². The maximum atomic E-state index is 6.41. The first-order valence-electron chi connectivity index (χ1n) is 7.77. The van der Waals surface area contributed by atoms with E-state index in [-0.39, 0.29) is 12.1 Å². The Bertz CT molecular complexity index is 479. The lowest BCUT2D eigenvalue weighted by molar-refractivity contribution is -0.0408. The number of nitrogens with two attached hydrogens (primary N) is 1. The number of nitrogens with zero attached hydrogens (tertiary/aromatic N) is 1. The lowest BCUT2D eigenvalue weighted by Crippen LogP contribution is -2.47. The number of hydrogen-bond acceptors (Lipinski definition) is 5. The Balaban J connectivity index is 1.70. The molecule has 2 N–H and O–H groups in total. The number of fused-ring (bicyclic) bond motifs is 1. The van der Waals surface area contributed by atoms with Crippen LogP contribution in [0.1, 0.15) is 24.9 Å². The van der Waals surface area contributed by atoms with E-state index in [0.717, 1.165) is 49.7 Å². The lowest BCUT2D eigenvalue weighted by atomic mass is 10.00. The van der Waals surface area contributed by atoms with E-state index in [1.807, 2.05) is 18.2 Å². The molecule has 1 aromatic rings. The van der Waals surface area contributed by atoms with E-state index in [1.165, 1.54) is 0 Å².